The molecule has 2 aromatic heterocycles. The molecule has 2 aliphatic rings. The molecule has 0 spiro atoms. The summed E-state index contributed by atoms with van der Waals surface area (Å²) < 4.78 is 0. The summed E-state index contributed by atoms with van der Waals surface area (Å²) in [5, 5.41) is 1.33. The van der Waals surface area contributed by atoms with Gasteiger partial charge < -0.3 is 15.6 Å². The van der Waals surface area contributed by atoms with E-state index in [4.69, 9.17) is 5.73 Å². The Balaban J connectivity index is 1.35. The molecule has 3 heterocycles. The van der Waals surface area contributed by atoms with Gasteiger partial charge in [0.05, 0.1) is 5.69 Å². The third-order valence-electron chi connectivity index (χ3n) is 8.02. The fourth-order valence-corrected chi connectivity index (χ4v) is 6.07. The van der Waals surface area contributed by atoms with Gasteiger partial charge in [0.25, 0.3) is 0 Å². The number of hydrogen-bond acceptors (Lipinski definition) is 3. The third-order valence-corrected chi connectivity index (χ3v) is 8.02. The van der Waals surface area contributed by atoms with Crippen LogP contribution in [0.4, 0.5) is 0 Å². The molecule has 1 aliphatic carbocycles. The van der Waals surface area contributed by atoms with Crippen LogP contribution in [-0.2, 0) is 4.79 Å². The molecule has 3 aromatic rings. The number of aryl methyl sites for hydroxylation is 1. The Morgan fingerprint density at radius 2 is 1.79 bits per heavy atom. The Morgan fingerprint density at radius 3 is 2.47 bits per heavy atom. The number of carbonyl (C=O) groups excluding carboxylic acids is 1. The van der Waals surface area contributed by atoms with Crippen LogP contribution in [0.2, 0.25) is 0 Å². The first kappa shape index (κ1) is 23.1. The summed E-state index contributed by atoms with van der Waals surface area (Å²) in [5.41, 5.74) is 13.5. The van der Waals surface area contributed by atoms with Crippen molar-refractivity contribution >= 4 is 16.8 Å². The summed E-state index contributed by atoms with van der Waals surface area (Å²) in [7, 11) is 0. The lowest BCUT2D eigenvalue weighted by Gasteiger charge is -2.36. The predicted molar refractivity (Wildman–Crippen MR) is 139 cm³/mol. The number of carbonyl (C=O) groups is 1. The smallest absolute Gasteiger partial charge is 0.225 e. The molecule has 0 unspecified atom stereocenters. The number of piperidine rings is 1. The van der Waals surface area contributed by atoms with Crippen LogP contribution in [0.15, 0.2) is 36.5 Å². The van der Waals surface area contributed by atoms with Crippen LogP contribution < -0.4 is 5.73 Å². The van der Waals surface area contributed by atoms with Gasteiger partial charge in [0.15, 0.2) is 0 Å². The Morgan fingerprint density at radius 1 is 1.06 bits per heavy atom. The molecule has 1 aromatic carbocycles. The van der Waals surface area contributed by atoms with Gasteiger partial charge in [0.1, 0.15) is 0 Å². The van der Waals surface area contributed by atoms with E-state index >= 15 is 0 Å². The Hall–Kier alpha value is -2.66. The summed E-state index contributed by atoms with van der Waals surface area (Å²) in [6.07, 6.45) is 7.87. The molecule has 2 fully saturated rings. The maximum absolute atomic E-state index is 13.0. The Labute approximate surface area is 203 Å². The first-order chi connectivity index (χ1) is 16.4. The number of pyridine rings is 1. The molecule has 5 rings (SSSR count). The number of H-pyrrole nitrogens is 1. The zero-order valence-corrected chi connectivity index (χ0v) is 20.8. The van der Waals surface area contributed by atoms with E-state index in [0.717, 1.165) is 57.3 Å². The molecule has 5 nitrogen and oxygen atoms in total. The number of fused-ring (bicyclic) bond motifs is 1. The maximum Gasteiger partial charge on any atom is 0.225 e. The number of hydrogen-bond donors (Lipinski definition) is 2. The number of rotatable bonds is 4. The maximum atomic E-state index is 13.0. The number of benzene rings is 1. The fourth-order valence-electron chi connectivity index (χ4n) is 6.07. The molecule has 1 amide bonds. The zero-order valence-electron chi connectivity index (χ0n) is 20.8. The summed E-state index contributed by atoms with van der Waals surface area (Å²) in [5.74, 6) is 1.48. The van der Waals surface area contributed by atoms with E-state index in [1.165, 1.54) is 33.3 Å². The summed E-state index contributed by atoms with van der Waals surface area (Å²) in [6, 6.07) is 11.5. The first-order valence-electron chi connectivity index (χ1n) is 13.0. The summed E-state index contributed by atoms with van der Waals surface area (Å²) >= 11 is 0. The number of nitrogens with one attached hydrogen (secondary N) is 1. The van der Waals surface area contributed by atoms with Crippen LogP contribution in [0.25, 0.3) is 22.2 Å². The summed E-state index contributed by atoms with van der Waals surface area (Å²) in [4.78, 5) is 23.2. The van der Waals surface area contributed by atoms with Crippen LogP contribution >= 0.6 is 0 Å². The molecular weight excluding hydrogens is 420 g/mol. The van der Waals surface area contributed by atoms with Crippen molar-refractivity contribution in [2.75, 3.05) is 13.1 Å². The lowest BCUT2D eigenvalue weighted by atomic mass is 9.84. The van der Waals surface area contributed by atoms with Crippen LogP contribution in [0, 0.1) is 12.8 Å². The topological polar surface area (TPSA) is 75.0 Å². The highest BCUT2D eigenvalue weighted by atomic mass is 16.2. The van der Waals surface area contributed by atoms with E-state index in [9.17, 15) is 4.79 Å². The number of aromatic nitrogens is 2. The van der Waals surface area contributed by atoms with Gasteiger partial charge in [-0.1, -0.05) is 19.9 Å². The quantitative estimate of drug-likeness (QED) is 0.512. The Kier molecular flexibility index (Phi) is 6.48. The first-order valence-corrected chi connectivity index (χ1v) is 13.0. The van der Waals surface area contributed by atoms with E-state index in [2.05, 4.69) is 59.0 Å². The SMILES string of the molecule is Cc1cc(-c2[nH]c3ccc(C4CCN(C(=O)[C@H]5CC[C@H](N)CC5)CC4)cc3c2C(C)C)ccn1. The summed E-state index contributed by atoms with van der Waals surface area (Å²) in [6.45, 7) is 8.33. The largest absolute Gasteiger partial charge is 0.354 e. The van der Waals surface area contributed by atoms with E-state index < -0.39 is 0 Å². The molecule has 1 saturated carbocycles. The van der Waals surface area contributed by atoms with Gasteiger partial charge in [0, 0.05) is 53.4 Å². The molecule has 0 radical (unpaired) electrons. The average molecular weight is 459 g/mol. The van der Waals surface area contributed by atoms with Crippen LogP contribution in [0.5, 0.6) is 0 Å². The number of nitrogens with two attached hydrogens (primary N) is 1. The van der Waals surface area contributed by atoms with Crippen molar-refractivity contribution in [2.24, 2.45) is 11.7 Å². The van der Waals surface area contributed by atoms with Crippen molar-refractivity contribution in [3.05, 3.63) is 53.3 Å². The van der Waals surface area contributed by atoms with E-state index in [1.807, 2.05) is 13.1 Å². The fraction of sp³-hybridized carbons (Fsp3) is 0.517. The highest BCUT2D eigenvalue weighted by Crippen LogP contribution is 2.38. The highest BCUT2D eigenvalue weighted by molar-refractivity contribution is 5.92. The number of nitrogens with zero attached hydrogens (tertiary/aromatic N) is 2. The number of aromatic amines is 1. The van der Waals surface area contributed by atoms with E-state index in [1.54, 1.807) is 0 Å². The highest BCUT2D eigenvalue weighted by Gasteiger charge is 2.31. The second-order valence-corrected chi connectivity index (χ2v) is 10.8. The lowest BCUT2D eigenvalue weighted by molar-refractivity contribution is -0.137. The zero-order chi connectivity index (χ0) is 23.8. The average Bonchev–Trinajstić information content (AvgIpc) is 3.23. The standard InChI is InChI=1S/C29H38N4O/c1-18(2)27-25-17-22(6-9-26(25)32-28(27)23-10-13-31-19(3)16-23)20-11-14-33(15-12-20)29(34)21-4-7-24(30)8-5-21/h6,9-10,13,16-18,20-21,24,32H,4-5,7-8,11-12,14-15,30H2,1-3H3/t21-,24-. The second kappa shape index (κ2) is 9.53. The van der Waals surface area contributed by atoms with E-state index in [0.29, 0.717) is 17.7 Å². The lowest BCUT2D eigenvalue weighted by Crippen LogP contribution is -2.43. The molecule has 1 aliphatic heterocycles. The van der Waals surface area contributed by atoms with E-state index in [-0.39, 0.29) is 12.0 Å². The molecule has 3 N–H and O–H groups in total. The minimum atomic E-state index is 0.191. The second-order valence-electron chi connectivity index (χ2n) is 10.8. The molecule has 5 heteroatoms. The van der Waals surface area contributed by atoms with Crippen molar-refractivity contribution in [3.63, 3.8) is 0 Å². The van der Waals surface area contributed by atoms with Gasteiger partial charge in [-0.25, -0.2) is 0 Å². The van der Waals surface area contributed by atoms with Gasteiger partial charge in [0.2, 0.25) is 5.91 Å². The molecular formula is C29H38N4O. The van der Waals surface area contributed by atoms with Gasteiger partial charge in [-0.15, -0.1) is 0 Å². The van der Waals surface area contributed by atoms with Crippen molar-refractivity contribution in [1.29, 1.82) is 0 Å². The Bertz CT molecular complexity index is 1160. The van der Waals surface area contributed by atoms with Crippen LogP contribution in [0.1, 0.15) is 81.0 Å². The number of likely N-dealkylation sites (tertiary alicyclic amines) is 1. The molecule has 0 atom stereocenters. The van der Waals surface area contributed by atoms with Crippen molar-refractivity contribution < 1.29 is 4.79 Å². The molecule has 34 heavy (non-hydrogen) atoms. The number of amides is 1. The van der Waals surface area contributed by atoms with Gasteiger partial charge in [-0.05, 0) is 92.7 Å². The van der Waals surface area contributed by atoms with Crippen molar-refractivity contribution in [1.82, 2.24) is 14.9 Å². The minimum Gasteiger partial charge on any atom is -0.354 e. The normalized spacial score (nSPS) is 22.0. The van der Waals surface area contributed by atoms with Gasteiger partial charge >= 0.3 is 0 Å². The van der Waals surface area contributed by atoms with Gasteiger partial charge in [-0.2, -0.15) is 0 Å². The monoisotopic (exact) mass is 458 g/mol. The predicted octanol–water partition coefficient (Wildman–Crippen LogP) is 5.89. The van der Waals surface area contributed by atoms with Gasteiger partial charge in [-0.3, -0.25) is 9.78 Å². The molecule has 0 bridgehead atoms. The molecule has 180 valence electrons. The minimum absolute atomic E-state index is 0.191. The van der Waals surface area contributed by atoms with Crippen molar-refractivity contribution in [3.8, 4) is 11.3 Å². The van der Waals surface area contributed by atoms with Crippen LogP contribution in [0.3, 0.4) is 0 Å². The molecule has 1 saturated heterocycles. The third kappa shape index (κ3) is 4.50. The van der Waals surface area contributed by atoms with Crippen molar-refractivity contribution in [2.45, 2.75) is 77.2 Å². The van der Waals surface area contributed by atoms with Crippen LogP contribution in [-0.4, -0.2) is 39.9 Å².